The maximum absolute atomic E-state index is 13.4. The summed E-state index contributed by atoms with van der Waals surface area (Å²) < 4.78 is 18.6. The van der Waals surface area contributed by atoms with E-state index in [2.05, 4.69) is 11.0 Å². The van der Waals surface area contributed by atoms with Gasteiger partial charge in [0.15, 0.2) is 0 Å². The van der Waals surface area contributed by atoms with Crippen molar-refractivity contribution in [1.29, 1.82) is 5.26 Å². The van der Waals surface area contributed by atoms with Gasteiger partial charge in [-0.3, -0.25) is 9.59 Å². The molecule has 2 amide bonds. The molecule has 3 aliphatic rings. The summed E-state index contributed by atoms with van der Waals surface area (Å²) in [5.41, 5.74) is 3.56. The van der Waals surface area contributed by atoms with Gasteiger partial charge in [0.2, 0.25) is 11.8 Å². The molecule has 182 valence electrons. The average molecular weight is 477 g/mol. The van der Waals surface area contributed by atoms with Crippen molar-refractivity contribution in [3.8, 4) is 11.8 Å². The quantitative estimate of drug-likeness (QED) is 0.641. The van der Waals surface area contributed by atoms with Crippen LogP contribution in [0.25, 0.3) is 0 Å². The highest BCUT2D eigenvalue weighted by molar-refractivity contribution is 5.95. The van der Waals surface area contributed by atoms with E-state index in [9.17, 15) is 14.0 Å². The van der Waals surface area contributed by atoms with Crippen LogP contribution in [-0.2, 0) is 29.2 Å². The van der Waals surface area contributed by atoms with Gasteiger partial charge >= 0.3 is 0 Å². The molecule has 2 aromatic rings. The summed E-state index contributed by atoms with van der Waals surface area (Å²) in [4.78, 5) is 32.0. The second kappa shape index (κ2) is 10.0. The Bertz CT molecular complexity index is 1160. The van der Waals surface area contributed by atoms with Gasteiger partial charge in [0.05, 0.1) is 11.6 Å². The predicted molar refractivity (Wildman–Crippen MR) is 127 cm³/mol. The van der Waals surface area contributed by atoms with Crippen molar-refractivity contribution < 1.29 is 18.7 Å². The van der Waals surface area contributed by atoms with Crippen LogP contribution in [0.5, 0.6) is 5.75 Å². The number of halogens is 1. The number of benzene rings is 2. The largest absolute Gasteiger partial charge is 0.489 e. The summed E-state index contributed by atoms with van der Waals surface area (Å²) in [5, 5.41) is 9.07. The molecule has 3 heterocycles. The topological polar surface area (TPSA) is 76.9 Å². The highest BCUT2D eigenvalue weighted by Gasteiger charge is 2.44. The number of likely N-dealkylation sites (tertiary alicyclic amines) is 1. The van der Waals surface area contributed by atoms with E-state index in [1.54, 1.807) is 21.9 Å². The van der Waals surface area contributed by atoms with Gasteiger partial charge in [-0.25, -0.2) is 4.39 Å². The summed E-state index contributed by atoms with van der Waals surface area (Å²) in [6.45, 7) is 2.45. The smallest absolute Gasteiger partial charge is 0.246 e. The Labute approximate surface area is 204 Å². The molecule has 3 aliphatic heterocycles. The van der Waals surface area contributed by atoms with Crippen LogP contribution < -0.4 is 4.74 Å². The van der Waals surface area contributed by atoms with Crippen molar-refractivity contribution >= 4 is 11.8 Å². The first kappa shape index (κ1) is 23.3. The molecule has 8 heteroatoms. The fourth-order valence-corrected chi connectivity index (χ4v) is 5.42. The molecule has 0 spiro atoms. The molecule has 1 atom stereocenters. The van der Waals surface area contributed by atoms with Crippen molar-refractivity contribution in [3.05, 3.63) is 64.7 Å². The number of hydrogen-bond acceptors (Lipinski definition) is 5. The van der Waals surface area contributed by atoms with Crippen molar-refractivity contribution in [1.82, 2.24) is 14.7 Å². The zero-order valence-corrected chi connectivity index (χ0v) is 19.7. The third-order valence-corrected chi connectivity index (χ3v) is 7.36. The second-order valence-corrected chi connectivity index (χ2v) is 9.50. The SMILES string of the molecule is N#Cc1cccc(COc2ccc3c(c2)CN2C(=O)CN(C4CCN(CCF)CC4)C(=O)[C@H]2C3)c1. The van der Waals surface area contributed by atoms with Gasteiger partial charge in [0, 0.05) is 38.6 Å². The zero-order valence-electron chi connectivity index (χ0n) is 19.7. The molecule has 0 aliphatic carbocycles. The zero-order chi connectivity index (χ0) is 24.4. The van der Waals surface area contributed by atoms with Crippen LogP contribution in [0.1, 0.15) is 35.1 Å². The molecule has 0 saturated carbocycles. The Hall–Kier alpha value is -3.44. The minimum atomic E-state index is -0.465. The molecule has 0 radical (unpaired) electrons. The molecule has 2 saturated heterocycles. The minimum Gasteiger partial charge on any atom is -0.489 e. The monoisotopic (exact) mass is 476 g/mol. The number of hydrogen-bond donors (Lipinski definition) is 0. The normalized spacial score (nSPS) is 20.9. The third kappa shape index (κ3) is 4.87. The van der Waals surface area contributed by atoms with E-state index in [1.165, 1.54) is 0 Å². The van der Waals surface area contributed by atoms with Gasteiger partial charge < -0.3 is 19.4 Å². The van der Waals surface area contributed by atoms with Crippen LogP contribution in [-0.4, -0.2) is 71.5 Å². The minimum absolute atomic E-state index is 0.0222. The number of nitrogens with zero attached hydrogens (tertiary/aromatic N) is 4. The lowest BCUT2D eigenvalue weighted by Crippen LogP contribution is -2.64. The molecule has 0 aromatic heterocycles. The average Bonchev–Trinajstić information content (AvgIpc) is 2.89. The van der Waals surface area contributed by atoms with Crippen LogP contribution in [0, 0.1) is 11.3 Å². The lowest BCUT2D eigenvalue weighted by atomic mass is 9.90. The maximum atomic E-state index is 13.4. The van der Waals surface area contributed by atoms with Crippen LogP contribution in [0.3, 0.4) is 0 Å². The molecule has 2 aromatic carbocycles. The van der Waals surface area contributed by atoms with E-state index >= 15 is 0 Å². The van der Waals surface area contributed by atoms with Gasteiger partial charge in [-0.2, -0.15) is 5.26 Å². The molecular weight excluding hydrogens is 447 g/mol. The van der Waals surface area contributed by atoms with Crippen LogP contribution in [0.15, 0.2) is 42.5 Å². The summed E-state index contributed by atoms with van der Waals surface area (Å²) in [6, 6.07) is 14.9. The number of fused-ring (bicyclic) bond motifs is 2. The standard InChI is InChI=1S/C27H29FN4O3/c28-8-11-30-9-6-23(7-10-30)31-17-26(33)32-16-22-13-24(5-4-21(22)14-25(32)27(31)34)35-18-20-3-1-2-19(12-20)15-29/h1-5,12-13,23,25H,6-11,14,16-18H2/t25-/m1/s1. The molecular formula is C27H29FN4O3. The number of carbonyl (C=O) groups excluding carboxylic acids is 2. The molecule has 0 N–H and O–H groups in total. The van der Waals surface area contributed by atoms with E-state index < -0.39 is 6.04 Å². The van der Waals surface area contributed by atoms with Crippen molar-refractivity contribution in [2.24, 2.45) is 0 Å². The van der Waals surface area contributed by atoms with Crippen LogP contribution >= 0.6 is 0 Å². The van der Waals surface area contributed by atoms with Crippen LogP contribution in [0.4, 0.5) is 4.39 Å². The van der Waals surface area contributed by atoms with E-state index in [1.807, 2.05) is 30.3 Å². The highest BCUT2D eigenvalue weighted by Crippen LogP contribution is 2.32. The third-order valence-electron chi connectivity index (χ3n) is 7.36. The summed E-state index contributed by atoms with van der Waals surface area (Å²) >= 11 is 0. The first-order valence-electron chi connectivity index (χ1n) is 12.2. The Morgan fingerprint density at radius 2 is 1.86 bits per heavy atom. The first-order chi connectivity index (χ1) is 17.1. The molecule has 7 nitrogen and oxygen atoms in total. The molecule has 5 rings (SSSR count). The molecule has 0 unspecified atom stereocenters. The van der Waals surface area contributed by atoms with E-state index in [0.29, 0.717) is 37.4 Å². The van der Waals surface area contributed by atoms with Crippen molar-refractivity contribution in [2.45, 2.75) is 44.5 Å². The summed E-state index contributed by atoms with van der Waals surface area (Å²) in [5.74, 6) is 0.699. The highest BCUT2D eigenvalue weighted by atomic mass is 19.1. The number of amides is 2. The number of piperazine rings is 1. The van der Waals surface area contributed by atoms with E-state index in [-0.39, 0.29) is 31.1 Å². The van der Waals surface area contributed by atoms with Crippen molar-refractivity contribution in [2.75, 3.05) is 32.9 Å². The lowest BCUT2D eigenvalue weighted by Gasteiger charge is -2.47. The Morgan fingerprint density at radius 1 is 1.03 bits per heavy atom. The molecule has 0 bridgehead atoms. The number of carbonyl (C=O) groups is 2. The first-order valence-corrected chi connectivity index (χ1v) is 12.2. The van der Waals surface area contributed by atoms with E-state index in [4.69, 9.17) is 10.00 Å². The number of rotatable bonds is 6. The Balaban J connectivity index is 1.25. The molecule has 35 heavy (non-hydrogen) atoms. The van der Waals surface area contributed by atoms with Gasteiger partial charge in [-0.05, 0) is 53.8 Å². The van der Waals surface area contributed by atoms with Gasteiger partial charge in [-0.15, -0.1) is 0 Å². The summed E-state index contributed by atoms with van der Waals surface area (Å²) in [6.07, 6.45) is 2.06. The van der Waals surface area contributed by atoms with Crippen LogP contribution in [0.2, 0.25) is 0 Å². The Kier molecular flexibility index (Phi) is 6.69. The van der Waals surface area contributed by atoms with Gasteiger partial charge in [0.1, 0.15) is 31.6 Å². The number of alkyl halides is 1. The Morgan fingerprint density at radius 3 is 2.63 bits per heavy atom. The van der Waals surface area contributed by atoms with E-state index in [0.717, 1.165) is 42.6 Å². The number of piperidine rings is 1. The van der Waals surface area contributed by atoms with Gasteiger partial charge in [0.25, 0.3) is 0 Å². The number of ether oxygens (including phenoxy) is 1. The van der Waals surface area contributed by atoms with Crippen molar-refractivity contribution in [3.63, 3.8) is 0 Å². The number of nitriles is 1. The maximum Gasteiger partial charge on any atom is 0.246 e. The van der Waals surface area contributed by atoms with Gasteiger partial charge in [-0.1, -0.05) is 18.2 Å². The second-order valence-electron chi connectivity index (χ2n) is 9.50. The fourth-order valence-electron chi connectivity index (χ4n) is 5.42. The fraction of sp³-hybridized carbons (Fsp3) is 0.444. The predicted octanol–water partition coefficient (Wildman–Crippen LogP) is 2.67. The summed E-state index contributed by atoms with van der Waals surface area (Å²) in [7, 11) is 0. The molecule has 2 fully saturated rings. The lowest BCUT2D eigenvalue weighted by molar-refractivity contribution is -0.160.